The van der Waals surface area contributed by atoms with Crippen molar-refractivity contribution in [1.29, 1.82) is 0 Å². The van der Waals surface area contributed by atoms with Gasteiger partial charge in [-0.05, 0) is 38.8 Å². The lowest BCUT2D eigenvalue weighted by molar-refractivity contribution is -0.133. The molecule has 9 heteroatoms. The Balaban J connectivity index is 1.57. The van der Waals surface area contributed by atoms with E-state index in [1.807, 2.05) is 24.0 Å². The number of rotatable bonds is 5. The molecule has 1 fully saturated rings. The van der Waals surface area contributed by atoms with Crippen LogP contribution in [0.15, 0.2) is 12.1 Å². The molecule has 0 saturated carbocycles. The van der Waals surface area contributed by atoms with Gasteiger partial charge in [0.15, 0.2) is 0 Å². The largest absolute Gasteiger partial charge is 0.460 e. The fraction of sp³-hybridized carbons (Fsp3) is 0.529. The van der Waals surface area contributed by atoms with Gasteiger partial charge in [0.05, 0.1) is 16.9 Å². The summed E-state index contributed by atoms with van der Waals surface area (Å²) in [6, 6.07) is 3.73. The van der Waals surface area contributed by atoms with Crippen molar-refractivity contribution >= 4 is 34.8 Å². The fourth-order valence-corrected chi connectivity index (χ4v) is 4.18. The van der Waals surface area contributed by atoms with Crippen molar-refractivity contribution in [3.8, 4) is 0 Å². The normalized spacial score (nSPS) is 16.5. The van der Waals surface area contributed by atoms with E-state index in [-0.39, 0.29) is 30.2 Å². The highest BCUT2D eigenvalue weighted by molar-refractivity contribution is 7.16. The van der Waals surface area contributed by atoms with Crippen LogP contribution in [0.5, 0.6) is 0 Å². The Labute approximate surface area is 160 Å². The number of aromatic nitrogens is 3. The first-order valence-corrected chi connectivity index (χ1v) is 9.82. The summed E-state index contributed by atoms with van der Waals surface area (Å²) >= 11 is 7.42. The number of amides is 1. The van der Waals surface area contributed by atoms with Crippen LogP contribution in [0.1, 0.15) is 59.8 Å². The van der Waals surface area contributed by atoms with Crippen molar-refractivity contribution in [2.75, 3.05) is 19.7 Å². The summed E-state index contributed by atoms with van der Waals surface area (Å²) in [6.07, 6.45) is 1.56. The number of carbonyl (C=O) groups is 2. The summed E-state index contributed by atoms with van der Waals surface area (Å²) in [7, 11) is 0. The van der Waals surface area contributed by atoms with Crippen LogP contribution >= 0.6 is 22.9 Å². The zero-order chi connectivity index (χ0) is 18.7. The van der Waals surface area contributed by atoms with E-state index >= 15 is 0 Å². The second kappa shape index (κ2) is 8.18. The minimum atomic E-state index is -0.522. The predicted octanol–water partition coefficient (Wildman–Crippen LogP) is 3.21. The highest BCUT2D eigenvalue weighted by Crippen LogP contribution is 2.31. The van der Waals surface area contributed by atoms with E-state index in [1.165, 1.54) is 11.3 Å². The van der Waals surface area contributed by atoms with E-state index in [1.54, 1.807) is 6.92 Å². The maximum Gasteiger partial charge on any atom is 0.378 e. The van der Waals surface area contributed by atoms with Crippen LogP contribution in [0.25, 0.3) is 0 Å². The highest BCUT2D eigenvalue weighted by Gasteiger charge is 2.29. The number of ether oxygens (including phenoxy) is 1. The first-order valence-electron chi connectivity index (χ1n) is 8.63. The molecule has 1 saturated heterocycles. The molecule has 1 N–H and O–H groups in total. The molecule has 7 nitrogen and oxygen atoms in total. The topological polar surface area (TPSA) is 88.2 Å². The van der Waals surface area contributed by atoms with Crippen molar-refractivity contribution in [2.45, 2.75) is 38.5 Å². The molecule has 2 aromatic heterocycles. The Hall–Kier alpha value is -1.93. The zero-order valence-corrected chi connectivity index (χ0v) is 16.3. The predicted molar refractivity (Wildman–Crippen MR) is 98.6 cm³/mol. The lowest BCUT2D eigenvalue weighted by Crippen LogP contribution is -2.40. The molecule has 1 amide bonds. The molecule has 0 bridgehead atoms. The number of aromatic amines is 1. The molecular formula is C17H21ClN4O3S. The average molecular weight is 397 g/mol. The summed E-state index contributed by atoms with van der Waals surface area (Å²) < 4.78 is 5.60. The van der Waals surface area contributed by atoms with Crippen LogP contribution in [-0.4, -0.2) is 51.7 Å². The third-order valence-corrected chi connectivity index (χ3v) is 5.96. The summed E-state index contributed by atoms with van der Waals surface area (Å²) in [5.41, 5.74) is 0. The molecule has 1 atom stereocenters. The second-order valence-corrected chi connectivity index (χ2v) is 7.97. The Morgan fingerprint density at radius 2 is 2.15 bits per heavy atom. The molecular weight excluding hydrogens is 376 g/mol. The van der Waals surface area contributed by atoms with Crippen molar-refractivity contribution < 1.29 is 14.3 Å². The van der Waals surface area contributed by atoms with Gasteiger partial charge in [-0.25, -0.2) is 9.78 Å². The third-order valence-electron chi connectivity index (χ3n) is 4.55. The van der Waals surface area contributed by atoms with Gasteiger partial charge in [-0.1, -0.05) is 11.6 Å². The maximum atomic E-state index is 12.7. The monoisotopic (exact) mass is 396 g/mol. The van der Waals surface area contributed by atoms with E-state index < -0.39 is 5.97 Å². The Kier molecular flexibility index (Phi) is 5.93. The number of H-pyrrole nitrogens is 1. The number of thiophene rings is 1. The standard InChI is InChI=1S/C17H21ClN4O3S/c1-3-25-17(24)15-19-14(20-21-15)11-6-8-22(9-7-11)16(23)10(2)12-4-5-13(18)26-12/h4-5,10-11H,3,6-9H2,1-2H3,(H,19,20,21)/t10-/m1/s1. The number of esters is 1. The minimum absolute atomic E-state index is 0.0588. The summed E-state index contributed by atoms with van der Waals surface area (Å²) in [6.45, 7) is 5.25. The Morgan fingerprint density at radius 1 is 1.42 bits per heavy atom. The molecule has 2 aromatic rings. The lowest BCUT2D eigenvalue weighted by atomic mass is 9.95. The summed E-state index contributed by atoms with van der Waals surface area (Å²) in [4.78, 5) is 31.5. The van der Waals surface area contributed by atoms with Gasteiger partial charge in [-0.15, -0.1) is 16.4 Å². The quantitative estimate of drug-likeness (QED) is 0.784. The molecule has 0 radical (unpaired) electrons. The molecule has 140 valence electrons. The number of nitrogens with one attached hydrogen (secondary N) is 1. The molecule has 0 aromatic carbocycles. The Bertz CT molecular complexity index is 783. The van der Waals surface area contributed by atoms with Crippen molar-refractivity contribution in [1.82, 2.24) is 20.1 Å². The number of nitrogens with zero attached hydrogens (tertiary/aromatic N) is 3. The zero-order valence-electron chi connectivity index (χ0n) is 14.7. The van der Waals surface area contributed by atoms with Gasteiger partial charge in [0.2, 0.25) is 5.91 Å². The van der Waals surface area contributed by atoms with E-state index in [4.69, 9.17) is 16.3 Å². The molecule has 26 heavy (non-hydrogen) atoms. The average Bonchev–Trinajstić information content (AvgIpc) is 3.30. The van der Waals surface area contributed by atoms with Gasteiger partial charge >= 0.3 is 5.97 Å². The molecule has 1 aliphatic rings. The van der Waals surface area contributed by atoms with Crippen LogP contribution in [-0.2, 0) is 9.53 Å². The number of halogens is 1. The molecule has 0 spiro atoms. The summed E-state index contributed by atoms with van der Waals surface area (Å²) in [5, 5.41) is 6.76. The van der Waals surface area contributed by atoms with Gasteiger partial charge in [-0.2, -0.15) is 0 Å². The molecule has 0 aliphatic carbocycles. The van der Waals surface area contributed by atoms with E-state index in [2.05, 4.69) is 15.2 Å². The van der Waals surface area contributed by atoms with Crippen LogP contribution in [0.4, 0.5) is 0 Å². The number of hydrogen-bond donors (Lipinski definition) is 1. The van der Waals surface area contributed by atoms with Gasteiger partial charge in [-0.3, -0.25) is 9.89 Å². The molecule has 0 unspecified atom stereocenters. The van der Waals surface area contributed by atoms with Gasteiger partial charge in [0.1, 0.15) is 5.82 Å². The first kappa shape index (κ1) is 18.8. The second-order valence-electron chi connectivity index (χ2n) is 6.23. The summed E-state index contributed by atoms with van der Waals surface area (Å²) in [5.74, 6) is 0.297. The van der Waals surface area contributed by atoms with Gasteiger partial charge in [0, 0.05) is 23.9 Å². The number of likely N-dealkylation sites (tertiary alicyclic amines) is 1. The van der Waals surface area contributed by atoms with E-state index in [9.17, 15) is 9.59 Å². The van der Waals surface area contributed by atoms with Crippen molar-refractivity contribution in [3.63, 3.8) is 0 Å². The Morgan fingerprint density at radius 3 is 2.77 bits per heavy atom. The van der Waals surface area contributed by atoms with Crippen LogP contribution < -0.4 is 0 Å². The van der Waals surface area contributed by atoms with E-state index in [0.717, 1.165) is 17.7 Å². The van der Waals surface area contributed by atoms with Gasteiger partial charge < -0.3 is 9.64 Å². The fourth-order valence-electron chi connectivity index (χ4n) is 3.07. The van der Waals surface area contributed by atoms with Crippen LogP contribution in [0, 0.1) is 0 Å². The smallest absolute Gasteiger partial charge is 0.378 e. The number of carbonyl (C=O) groups excluding carboxylic acids is 2. The third kappa shape index (κ3) is 4.07. The first-order chi connectivity index (χ1) is 12.5. The van der Waals surface area contributed by atoms with Gasteiger partial charge in [0.25, 0.3) is 5.82 Å². The van der Waals surface area contributed by atoms with Crippen molar-refractivity contribution in [2.24, 2.45) is 0 Å². The minimum Gasteiger partial charge on any atom is -0.460 e. The maximum absolute atomic E-state index is 12.7. The van der Waals surface area contributed by atoms with E-state index in [0.29, 0.717) is 23.3 Å². The molecule has 3 rings (SSSR count). The molecule has 1 aliphatic heterocycles. The lowest BCUT2D eigenvalue weighted by Gasteiger charge is -2.32. The van der Waals surface area contributed by atoms with Crippen LogP contribution in [0.3, 0.4) is 0 Å². The van der Waals surface area contributed by atoms with Crippen LogP contribution in [0.2, 0.25) is 4.34 Å². The molecule has 3 heterocycles. The number of hydrogen-bond acceptors (Lipinski definition) is 6. The number of piperidine rings is 1. The SMILES string of the molecule is CCOC(=O)c1n[nH]c(C2CCN(C(=O)[C@H](C)c3ccc(Cl)s3)CC2)n1. The highest BCUT2D eigenvalue weighted by atomic mass is 35.5. The van der Waals surface area contributed by atoms with Crippen molar-refractivity contribution in [3.05, 3.63) is 33.0 Å².